The summed E-state index contributed by atoms with van der Waals surface area (Å²) in [5.74, 6) is -0.318. The van der Waals surface area contributed by atoms with Crippen LogP contribution in [0.25, 0.3) is 0 Å². The topological polar surface area (TPSA) is 169 Å². The molecule has 222 valence electrons. The highest BCUT2D eigenvalue weighted by atomic mass is 32.2. The van der Waals surface area contributed by atoms with Crippen LogP contribution >= 0.6 is 11.8 Å². The molecule has 0 saturated heterocycles. The first-order chi connectivity index (χ1) is 18.7. The summed E-state index contributed by atoms with van der Waals surface area (Å²) in [6, 6.07) is 7.25. The van der Waals surface area contributed by atoms with Crippen molar-refractivity contribution in [3.8, 4) is 0 Å². The van der Waals surface area contributed by atoms with Crippen molar-refractivity contribution in [1.82, 2.24) is 15.1 Å². The van der Waals surface area contributed by atoms with Crippen molar-refractivity contribution < 1.29 is 38.9 Å². The Bertz CT molecular complexity index is 831. The zero-order valence-corrected chi connectivity index (χ0v) is 24.2. The van der Waals surface area contributed by atoms with Crippen LogP contribution in [0.2, 0.25) is 0 Å². The van der Waals surface area contributed by atoms with Gasteiger partial charge in [-0.15, -0.1) is 10.1 Å². The maximum atomic E-state index is 12.9. The number of imide groups is 1. The first-order valence-corrected chi connectivity index (χ1v) is 13.6. The molecule has 0 aliphatic rings. The molecule has 0 aromatic heterocycles. The van der Waals surface area contributed by atoms with Crippen LogP contribution in [-0.4, -0.2) is 109 Å². The van der Waals surface area contributed by atoms with Crippen LogP contribution in [0.4, 0.5) is 4.79 Å². The van der Waals surface area contributed by atoms with E-state index in [1.165, 1.54) is 30.8 Å². The zero-order chi connectivity index (χ0) is 30.2. The summed E-state index contributed by atoms with van der Waals surface area (Å²) < 4.78 is 5.36. The number of rotatable bonds is 16. The highest BCUT2D eigenvalue weighted by Gasteiger charge is 2.30. The molecule has 2 N–H and O–H groups in total. The summed E-state index contributed by atoms with van der Waals surface area (Å²) in [6.07, 6.45) is 0.907. The van der Waals surface area contributed by atoms with Crippen LogP contribution in [0.1, 0.15) is 32.8 Å². The van der Waals surface area contributed by atoms with Gasteiger partial charge in [-0.05, 0) is 25.3 Å². The summed E-state index contributed by atoms with van der Waals surface area (Å²) in [4.78, 5) is 62.6. The van der Waals surface area contributed by atoms with Crippen LogP contribution in [0.5, 0.6) is 0 Å². The van der Waals surface area contributed by atoms with Gasteiger partial charge < -0.3 is 24.4 Å². The predicted octanol–water partition coefficient (Wildman–Crippen LogP) is 1.79. The summed E-state index contributed by atoms with van der Waals surface area (Å²) in [6.45, 7) is 7.02. The van der Waals surface area contributed by atoms with Gasteiger partial charge in [0.1, 0.15) is 26.0 Å². The van der Waals surface area contributed by atoms with E-state index in [1.54, 1.807) is 6.92 Å². The average molecular weight is 575 g/mol. The van der Waals surface area contributed by atoms with Crippen molar-refractivity contribution in [2.24, 2.45) is 0 Å². The fourth-order valence-electron chi connectivity index (χ4n) is 3.05. The molecule has 0 heterocycles. The van der Waals surface area contributed by atoms with E-state index in [4.69, 9.17) is 9.53 Å². The monoisotopic (exact) mass is 574 g/mol. The minimum Gasteiger partial charge on any atom is -0.464 e. The van der Waals surface area contributed by atoms with Gasteiger partial charge in [0.25, 0.3) is 5.09 Å². The fourth-order valence-corrected chi connectivity index (χ4v) is 3.65. The number of esters is 1. The van der Waals surface area contributed by atoms with Crippen LogP contribution in [-0.2, 0) is 30.4 Å². The molecule has 0 spiro atoms. The molecule has 1 aromatic carbocycles. The molecule has 14 heteroatoms. The molecule has 0 fully saturated rings. The minimum atomic E-state index is -0.896. The Labute approximate surface area is 234 Å². The third kappa shape index (κ3) is 17.1. The number of hydrogen-bond acceptors (Lipinski definition) is 11. The molecule has 0 radical (unpaired) electrons. The van der Waals surface area contributed by atoms with E-state index >= 15 is 0 Å². The minimum absolute atomic E-state index is 0.0531. The van der Waals surface area contributed by atoms with Crippen LogP contribution < -0.4 is 5.32 Å². The van der Waals surface area contributed by atoms with Crippen LogP contribution in [0.3, 0.4) is 0 Å². The van der Waals surface area contributed by atoms with E-state index in [9.17, 15) is 29.6 Å². The van der Waals surface area contributed by atoms with E-state index in [1.807, 2.05) is 51.0 Å². The third-order valence-corrected chi connectivity index (χ3v) is 5.68. The maximum Gasteiger partial charge on any atom is 0.326 e. The molecule has 0 saturated carbocycles. The predicted molar refractivity (Wildman–Crippen MR) is 149 cm³/mol. The Morgan fingerprint density at radius 2 is 1.72 bits per heavy atom. The summed E-state index contributed by atoms with van der Waals surface area (Å²) in [5.41, 5.74) is 1.01. The lowest BCUT2D eigenvalue weighted by atomic mass is 10.0. The highest BCUT2D eigenvalue weighted by Crippen LogP contribution is 2.09. The highest BCUT2D eigenvalue weighted by molar-refractivity contribution is 7.99. The van der Waals surface area contributed by atoms with Crippen molar-refractivity contribution in [3.05, 3.63) is 46.0 Å². The number of aliphatic hydroxyl groups is 1. The quantitative estimate of drug-likeness (QED) is 0.128. The molecule has 0 aliphatic heterocycles. The molecule has 1 aromatic rings. The lowest BCUT2D eigenvalue weighted by molar-refractivity contribution is -0.756. The Kier molecular flexibility index (Phi) is 23.2. The van der Waals surface area contributed by atoms with Crippen LogP contribution in [0.15, 0.2) is 30.3 Å². The molecular weight excluding hydrogens is 532 g/mol. The number of nitrogens with zero attached hydrogens (tertiary/aromatic N) is 3. The summed E-state index contributed by atoms with van der Waals surface area (Å²) >= 11 is 1.34. The van der Waals surface area contributed by atoms with E-state index in [-0.39, 0.29) is 26.4 Å². The van der Waals surface area contributed by atoms with Gasteiger partial charge in [-0.3, -0.25) is 19.8 Å². The number of aryl methyl sites for hydroxylation is 1. The van der Waals surface area contributed by atoms with Gasteiger partial charge in [-0.1, -0.05) is 44.2 Å². The Morgan fingerprint density at radius 3 is 2.26 bits per heavy atom. The molecule has 2 unspecified atom stereocenters. The first kappa shape index (κ1) is 37.9. The lowest BCUT2D eigenvalue weighted by Crippen LogP contribution is -2.54. The number of amides is 3. The van der Waals surface area contributed by atoms with Gasteiger partial charge in [0.05, 0.1) is 19.2 Å². The fraction of sp³-hybridized carbons (Fsp3) is 0.600. The lowest BCUT2D eigenvalue weighted by Gasteiger charge is -2.28. The van der Waals surface area contributed by atoms with Gasteiger partial charge in [-0.25, -0.2) is 4.79 Å². The maximum absolute atomic E-state index is 12.9. The Hall–Kier alpha value is -3.23. The van der Waals surface area contributed by atoms with E-state index in [0.717, 1.165) is 10.5 Å². The first-order valence-electron chi connectivity index (χ1n) is 12.4. The normalized spacial score (nSPS) is 11.3. The van der Waals surface area contributed by atoms with Gasteiger partial charge in [0, 0.05) is 25.6 Å². The van der Waals surface area contributed by atoms with Gasteiger partial charge in [0.2, 0.25) is 5.91 Å². The van der Waals surface area contributed by atoms with E-state index in [0.29, 0.717) is 24.3 Å². The van der Waals surface area contributed by atoms with Gasteiger partial charge in [-0.2, -0.15) is 11.8 Å². The van der Waals surface area contributed by atoms with Gasteiger partial charge >= 0.3 is 12.0 Å². The number of carbonyl (C=O) groups is 4. The molecule has 2 atom stereocenters. The number of carbonyl (C=O) groups excluding carboxylic acids is 4. The molecule has 1 rings (SSSR count). The number of urea groups is 1. The number of hydrogen-bond donors (Lipinski definition) is 2. The van der Waals surface area contributed by atoms with Crippen LogP contribution in [0, 0.1) is 10.1 Å². The molecular formula is C25H42N4O9S. The number of ether oxygens (including phenoxy) is 1. The number of nitrogens with one attached hydrogen (secondary N) is 1. The van der Waals surface area contributed by atoms with Crippen molar-refractivity contribution in [3.63, 3.8) is 0 Å². The van der Waals surface area contributed by atoms with Crippen molar-refractivity contribution in [2.75, 3.05) is 52.0 Å². The Morgan fingerprint density at radius 1 is 1.13 bits per heavy atom. The molecule has 13 nitrogen and oxygen atoms in total. The number of aliphatic hydroxyl groups excluding tert-OH is 1. The summed E-state index contributed by atoms with van der Waals surface area (Å²) in [5, 5.41) is 21.5. The summed E-state index contributed by atoms with van der Waals surface area (Å²) in [7, 11) is 3.00. The molecule has 0 aliphatic carbocycles. The second kappa shape index (κ2) is 23.9. The smallest absolute Gasteiger partial charge is 0.326 e. The van der Waals surface area contributed by atoms with E-state index in [2.05, 4.69) is 10.2 Å². The second-order valence-electron chi connectivity index (χ2n) is 7.69. The number of thioether (sulfide) groups is 1. The Balaban J connectivity index is 0. The molecule has 3 amide bonds. The third-order valence-electron chi connectivity index (χ3n) is 4.77. The SMILES string of the molecule is C=O.CC.CC(NC(CCc1ccccc1)C(=O)OCCSCCO[N+](=O)[O-])C(=O)N(CCO)C(=O)N(C)C. The largest absolute Gasteiger partial charge is 0.464 e. The zero-order valence-electron chi connectivity index (χ0n) is 23.4. The average Bonchev–Trinajstić information content (AvgIpc) is 2.94. The van der Waals surface area contributed by atoms with Crippen molar-refractivity contribution >= 4 is 36.5 Å². The molecule has 0 bridgehead atoms. The van der Waals surface area contributed by atoms with Crippen molar-refractivity contribution in [1.29, 1.82) is 0 Å². The standard InChI is InChI=1S/C22H34N4O8S.C2H6.CH2O/c1-17(20(28)25(11-12-27)22(30)24(2)3)23-19(10-9-18-7-5-4-6-8-18)21(29)33-13-15-35-16-14-34-26(31)32;2*1-2/h4-8,17,19,23,27H,9-16H2,1-3H3;1-2H3;1H2. The second-order valence-corrected chi connectivity index (χ2v) is 8.92. The van der Waals surface area contributed by atoms with Gasteiger partial charge in [0.15, 0.2) is 0 Å². The van der Waals surface area contributed by atoms with E-state index < -0.39 is 35.1 Å². The van der Waals surface area contributed by atoms with Crippen molar-refractivity contribution in [2.45, 2.75) is 45.7 Å². The molecule has 39 heavy (non-hydrogen) atoms. The number of benzene rings is 1.